The number of carbonyl (C=O) groups is 1. The molecule has 0 aromatic rings. The van der Waals surface area contributed by atoms with Gasteiger partial charge in [0.2, 0.25) is 0 Å². The summed E-state index contributed by atoms with van der Waals surface area (Å²) in [5.41, 5.74) is 0.185. The zero-order valence-corrected chi connectivity index (χ0v) is 13.8. The number of hydrogen-bond donors (Lipinski definition) is 0. The Morgan fingerprint density at radius 3 is 2.77 bits per heavy atom. The predicted molar refractivity (Wildman–Crippen MR) is 82.2 cm³/mol. The molecule has 2 aliphatic heterocycles. The number of ether oxygens (including phenoxy) is 2. The molecule has 2 rings (SSSR count). The Kier molecular flexibility index (Phi) is 5.48. The molecular formula is C16H26N2O4. The maximum atomic E-state index is 12.3. The van der Waals surface area contributed by atoms with Gasteiger partial charge >= 0.3 is 6.09 Å². The average Bonchev–Trinajstić information content (AvgIpc) is 2.71. The van der Waals surface area contributed by atoms with E-state index in [9.17, 15) is 9.59 Å². The molecule has 0 N–H and O–H groups in total. The molecule has 0 radical (unpaired) electrons. The molecule has 0 bridgehead atoms. The lowest BCUT2D eigenvalue weighted by Gasteiger charge is -2.37. The molecule has 0 saturated carbocycles. The molecule has 2 saturated heterocycles. The van der Waals surface area contributed by atoms with Gasteiger partial charge in [-0.1, -0.05) is 0 Å². The predicted octanol–water partition coefficient (Wildman–Crippen LogP) is 1.82. The van der Waals surface area contributed by atoms with Crippen LogP contribution in [-0.4, -0.2) is 66.3 Å². The van der Waals surface area contributed by atoms with E-state index in [2.05, 4.69) is 10.8 Å². The maximum absolute atomic E-state index is 12.3. The van der Waals surface area contributed by atoms with Gasteiger partial charge in [0.25, 0.3) is 0 Å². The number of rotatable bonds is 1. The van der Waals surface area contributed by atoms with Crippen molar-refractivity contribution >= 4 is 12.0 Å². The number of likely N-dealkylation sites (tertiary alicyclic amines) is 1. The summed E-state index contributed by atoms with van der Waals surface area (Å²) in [5, 5.41) is 0. The van der Waals surface area contributed by atoms with Gasteiger partial charge in [0.1, 0.15) is 11.5 Å². The lowest BCUT2D eigenvalue weighted by molar-refractivity contribution is 0.0221. The van der Waals surface area contributed by atoms with Crippen molar-refractivity contribution in [1.82, 2.24) is 9.80 Å². The summed E-state index contributed by atoms with van der Waals surface area (Å²) in [5.74, 6) is 2.06. The second kappa shape index (κ2) is 7.16. The van der Waals surface area contributed by atoms with E-state index in [1.807, 2.05) is 20.8 Å². The van der Waals surface area contributed by atoms with Gasteiger partial charge in [0.05, 0.1) is 25.0 Å². The van der Waals surface area contributed by atoms with Crippen molar-refractivity contribution in [3.8, 4) is 0 Å². The van der Waals surface area contributed by atoms with Crippen molar-refractivity contribution in [3.05, 3.63) is 5.70 Å². The van der Waals surface area contributed by atoms with Gasteiger partial charge in [-0.25, -0.2) is 9.59 Å². The smallest absolute Gasteiger partial charge is 0.410 e. The first-order valence-corrected chi connectivity index (χ1v) is 7.97. The largest absolute Gasteiger partial charge is 0.444 e. The summed E-state index contributed by atoms with van der Waals surface area (Å²) >= 11 is 0. The van der Waals surface area contributed by atoms with Crippen molar-refractivity contribution in [2.24, 2.45) is 0 Å². The molecule has 2 heterocycles. The third-order valence-electron chi connectivity index (χ3n) is 3.87. The van der Waals surface area contributed by atoms with Crippen molar-refractivity contribution < 1.29 is 19.1 Å². The zero-order valence-electron chi connectivity index (χ0n) is 13.8. The summed E-state index contributed by atoms with van der Waals surface area (Å²) in [6.45, 7) is 8.42. The molecule has 0 aromatic carbocycles. The SMILES string of the molecule is CC(C)(C)OC(=O)N1CCOCC(N2CCCCC2=C=O)C1. The molecule has 22 heavy (non-hydrogen) atoms. The van der Waals surface area contributed by atoms with Gasteiger partial charge in [-0.2, -0.15) is 0 Å². The third kappa shape index (κ3) is 4.49. The Morgan fingerprint density at radius 2 is 2.09 bits per heavy atom. The van der Waals surface area contributed by atoms with Crippen LogP contribution in [0.25, 0.3) is 0 Å². The highest BCUT2D eigenvalue weighted by atomic mass is 16.6. The van der Waals surface area contributed by atoms with E-state index in [1.54, 1.807) is 4.90 Å². The lowest BCUT2D eigenvalue weighted by atomic mass is 10.1. The van der Waals surface area contributed by atoms with E-state index in [0.717, 1.165) is 25.8 Å². The first-order chi connectivity index (χ1) is 10.4. The van der Waals surface area contributed by atoms with E-state index < -0.39 is 5.60 Å². The highest BCUT2D eigenvalue weighted by Gasteiger charge is 2.31. The standard InChI is InChI=1S/C16H26N2O4/c1-16(2,3)22-15(20)17-8-9-21-12-14(10-17)18-7-5-4-6-13(18)11-19/h14H,4-10,12H2,1-3H3. The molecule has 0 spiro atoms. The van der Waals surface area contributed by atoms with Crippen LogP contribution in [0.4, 0.5) is 4.79 Å². The second-order valence-corrected chi connectivity index (χ2v) is 6.85. The van der Waals surface area contributed by atoms with Gasteiger partial charge < -0.3 is 19.3 Å². The van der Waals surface area contributed by atoms with Crippen LogP contribution >= 0.6 is 0 Å². The normalized spacial score (nSPS) is 23.8. The van der Waals surface area contributed by atoms with E-state index in [4.69, 9.17) is 9.47 Å². The van der Waals surface area contributed by atoms with E-state index in [0.29, 0.717) is 32.0 Å². The number of nitrogens with zero attached hydrogens (tertiary/aromatic N) is 2. The molecule has 1 unspecified atom stereocenters. The Hall–Kier alpha value is -1.52. The topological polar surface area (TPSA) is 59.1 Å². The monoisotopic (exact) mass is 310 g/mol. The molecular weight excluding hydrogens is 284 g/mol. The number of allylic oxidation sites excluding steroid dienone is 1. The molecule has 1 amide bonds. The molecule has 6 nitrogen and oxygen atoms in total. The van der Waals surface area contributed by atoms with Crippen molar-refractivity contribution in [2.75, 3.05) is 32.8 Å². The molecule has 2 fully saturated rings. The van der Waals surface area contributed by atoms with Crippen LogP contribution in [-0.2, 0) is 14.3 Å². The van der Waals surface area contributed by atoms with Crippen LogP contribution in [0.2, 0.25) is 0 Å². The van der Waals surface area contributed by atoms with Crippen LogP contribution in [0.1, 0.15) is 40.0 Å². The summed E-state index contributed by atoms with van der Waals surface area (Å²) in [7, 11) is 0. The number of piperidine rings is 1. The fourth-order valence-corrected chi connectivity index (χ4v) is 2.84. The first kappa shape index (κ1) is 16.8. The Bertz CT molecular complexity index is 452. The second-order valence-electron chi connectivity index (χ2n) is 6.85. The highest BCUT2D eigenvalue weighted by molar-refractivity contribution is 5.68. The fourth-order valence-electron chi connectivity index (χ4n) is 2.84. The minimum atomic E-state index is -0.515. The number of hydrogen-bond acceptors (Lipinski definition) is 5. The maximum Gasteiger partial charge on any atom is 0.410 e. The van der Waals surface area contributed by atoms with Crippen LogP contribution < -0.4 is 0 Å². The Labute approximate surface area is 132 Å². The minimum absolute atomic E-state index is 0.00762. The number of amides is 1. The van der Waals surface area contributed by atoms with E-state index in [1.165, 1.54) is 0 Å². The number of carbonyl (C=O) groups excluding carboxylic acids is 2. The van der Waals surface area contributed by atoms with Crippen LogP contribution in [0.3, 0.4) is 0 Å². The van der Waals surface area contributed by atoms with Crippen LogP contribution in [0, 0.1) is 0 Å². The van der Waals surface area contributed by atoms with Crippen molar-refractivity contribution in [1.29, 1.82) is 0 Å². The van der Waals surface area contributed by atoms with Crippen molar-refractivity contribution in [2.45, 2.75) is 51.7 Å². The minimum Gasteiger partial charge on any atom is -0.444 e. The highest BCUT2D eigenvalue weighted by Crippen LogP contribution is 2.23. The molecule has 6 heteroatoms. The summed E-state index contributed by atoms with van der Waals surface area (Å²) in [6, 6.07) is -0.00762. The summed E-state index contributed by atoms with van der Waals surface area (Å²) < 4.78 is 11.1. The van der Waals surface area contributed by atoms with Gasteiger partial charge in [-0.05, 0) is 40.0 Å². The third-order valence-corrected chi connectivity index (χ3v) is 3.87. The Morgan fingerprint density at radius 1 is 1.32 bits per heavy atom. The molecule has 124 valence electrons. The van der Waals surface area contributed by atoms with Gasteiger partial charge in [0, 0.05) is 19.6 Å². The lowest BCUT2D eigenvalue weighted by Crippen LogP contribution is -2.48. The van der Waals surface area contributed by atoms with Crippen molar-refractivity contribution in [3.63, 3.8) is 0 Å². The van der Waals surface area contributed by atoms with Crippen LogP contribution in [0.5, 0.6) is 0 Å². The first-order valence-electron chi connectivity index (χ1n) is 7.97. The van der Waals surface area contributed by atoms with E-state index in [-0.39, 0.29) is 12.1 Å². The quantitative estimate of drug-likeness (QED) is 0.692. The molecule has 0 aromatic heterocycles. The summed E-state index contributed by atoms with van der Waals surface area (Å²) in [6.07, 6.45) is 2.50. The van der Waals surface area contributed by atoms with Gasteiger partial charge in [-0.15, -0.1) is 0 Å². The summed E-state index contributed by atoms with van der Waals surface area (Å²) in [4.78, 5) is 27.2. The van der Waals surface area contributed by atoms with E-state index >= 15 is 0 Å². The molecule has 0 aliphatic carbocycles. The zero-order chi connectivity index (χ0) is 16.2. The average molecular weight is 310 g/mol. The van der Waals surface area contributed by atoms with Gasteiger partial charge in [-0.3, -0.25) is 0 Å². The Balaban J connectivity index is 2.06. The van der Waals surface area contributed by atoms with Crippen LogP contribution in [0.15, 0.2) is 5.70 Å². The molecule has 1 atom stereocenters. The molecule has 2 aliphatic rings. The van der Waals surface area contributed by atoms with Gasteiger partial charge in [0.15, 0.2) is 0 Å². The fraction of sp³-hybridized carbons (Fsp3) is 0.812.